The van der Waals surface area contributed by atoms with Crippen LogP contribution in [0.1, 0.15) is 25.8 Å². The SMILES string of the molecule is CCNC(=O)C(CC)N(Cc1ccc(Cl)c(Cl)c1)C(=O)COc1ccc(Cl)cc1Cl. The molecule has 0 saturated carbocycles. The number of hydrogen-bond donors (Lipinski definition) is 1. The number of rotatable bonds is 9. The van der Waals surface area contributed by atoms with E-state index in [4.69, 9.17) is 51.1 Å². The Kier molecular flexibility index (Phi) is 9.56. The van der Waals surface area contributed by atoms with Crippen LogP contribution in [-0.2, 0) is 16.1 Å². The molecule has 0 radical (unpaired) electrons. The number of benzene rings is 2. The Morgan fingerprint density at radius 2 is 1.73 bits per heavy atom. The fourth-order valence-electron chi connectivity index (χ4n) is 2.86. The van der Waals surface area contributed by atoms with E-state index in [0.717, 1.165) is 5.56 Å². The van der Waals surface area contributed by atoms with Crippen molar-refractivity contribution in [2.75, 3.05) is 13.2 Å². The van der Waals surface area contributed by atoms with Crippen molar-refractivity contribution in [1.29, 1.82) is 0 Å². The zero-order chi connectivity index (χ0) is 22.3. The van der Waals surface area contributed by atoms with Crippen LogP contribution in [0.5, 0.6) is 5.75 Å². The van der Waals surface area contributed by atoms with Gasteiger partial charge in [0.25, 0.3) is 5.91 Å². The van der Waals surface area contributed by atoms with E-state index in [1.807, 2.05) is 13.8 Å². The zero-order valence-corrected chi connectivity index (χ0v) is 19.6. The molecule has 0 aromatic heterocycles. The van der Waals surface area contributed by atoms with Crippen molar-refractivity contribution < 1.29 is 14.3 Å². The van der Waals surface area contributed by atoms with Gasteiger partial charge in [0.1, 0.15) is 11.8 Å². The van der Waals surface area contributed by atoms with Crippen LogP contribution in [0.4, 0.5) is 0 Å². The van der Waals surface area contributed by atoms with Crippen LogP contribution in [0.15, 0.2) is 36.4 Å². The molecule has 0 saturated heterocycles. The van der Waals surface area contributed by atoms with Gasteiger partial charge in [-0.05, 0) is 49.2 Å². The summed E-state index contributed by atoms with van der Waals surface area (Å²) in [5, 5.41) is 4.31. The summed E-state index contributed by atoms with van der Waals surface area (Å²) in [7, 11) is 0. The Balaban J connectivity index is 2.24. The average molecular weight is 492 g/mol. The Labute approximate surface area is 196 Å². The lowest BCUT2D eigenvalue weighted by Gasteiger charge is -2.30. The van der Waals surface area contributed by atoms with Crippen LogP contribution >= 0.6 is 46.4 Å². The standard InChI is InChI=1S/C21H22Cl4N2O3/c1-3-18(21(29)26-4-2)27(11-13-5-7-15(23)16(24)9-13)20(28)12-30-19-8-6-14(22)10-17(19)25/h5-10,18H,3-4,11-12H2,1-2H3,(H,26,29). The number of carbonyl (C=O) groups is 2. The third kappa shape index (κ3) is 6.67. The maximum Gasteiger partial charge on any atom is 0.261 e. The summed E-state index contributed by atoms with van der Waals surface area (Å²) in [6.45, 7) is 4.00. The van der Waals surface area contributed by atoms with Gasteiger partial charge in [0.15, 0.2) is 6.61 Å². The van der Waals surface area contributed by atoms with Crippen LogP contribution in [0.2, 0.25) is 20.1 Å². The molecule has 30 heavy (non-hydrogen) atoms. The first-order valence-corrected chi connectivity index (χ1v) is 10.9. The number of ether oxygens (including phenoxy) is 1. The second kappa shape index (κ2) is 11.7. The summed E-state index contributed by atoms with van der Waals surface area (Å²) < 4.78 is 5.59. The average Bonchev–Trinajstić information content (AvgIpc) is 2.70. The van der Waals surface area contributed by atoms with Crippen molar-refractivity contribution in [3.8, 4) is 5.75 Å². The van der Waals surface area contributed by atoms with Crippen LogP contribution in [-0.4, -0.2) is 35.9 Å². The van der Waals surface area contributed by atoms with Crippen molar-refractivity contribution >= 4 is 58.2 Å². The highest BCUT2D eigenvalue weighted by atomic mass is 35.5. The third-order valence-electron chi connectivity index (χ3n) is 4.32. The van der Waals surface area contributed by atoms with Gasteiger partial charge in [-0.25, -0.2) is 0 Å². The molecule has 0 spiro atoms. The van der Waals surface area contributed by atoms with Crippen molar-refractivity contribution in [3.05, 3.63) is 62.1 Å². The highest BCUT2D eigenvalue weighted by Gasteiger charge is 2.29. The van der Waals surface area contributed by atoms with Crippen molar-refractivity contribution in [2.45, 2.75) is 32.9 Å². The van der Waals surface area contributed by atoms with Crippen molar-refractivity contribution in [2.24, 2.45) is 0 Å². The number of nitrogens with one attached hydrogen (secondary N) is 1. The van der Waals surface area contributed by atoms with E-state index in [0.29, 0.717) is 38.8 Å². The molecule has 162 valence electrons. The molecule has 2 amide bonds. The summed E-state index contributed by atoms with van der Waals surface area (Å²) >= 11 is 24.1. The van der Waals surface area contributed by atoms with Gasteiger partial charge in [-0.2, -0.15) is 0 Å². The maximum atomic E-state index is 13.1. The van der Waals surface area contributed by atoms with Gasteiger partial charge in [-0.3, -0.25) is 9.59 Å². The van der Waals surface area contributed by atoms with E-state index in [1.54, 1.807) is 30.3 Å². The number of hydrogen-bond acceptors (Lipinski definition) is 3. The molecule has 0 aliphatic heterocycles. The molecule has 2 aromatic carbocycles. The number of amides is 2. The topological polar surface area (TPSA) is 58.6 Å². The molecular formula is C21H22Cl4N2O3. The lowest BCUT2D eigenvalue weighted by molar-refractivity contribution is -0.142. The number of likely N-dealkylation sites (N-methyl/N-ethyl adjacent to an activating group) is 1. The largest absolute Gasteiger partial charge is 0.482 e. The fourth-order valence-corrected chi connectivity index (χ4v) is 3.64. The molecule has 0 aliphatic rings. The highest BCUT2D eigenvalue weighted by molar-refractivity contribution is 6.42. The first kappa shape index (κ1) is 24.6. The second-order valence-electron chi connectivity index (χ2n) is 6.45. The summed E-state index contributed by atoms with van der Waals surface area (Å²) in [5.41, 5.74) is 0.741. The molecule has 1 atom stereocenters. The van der Waals surface area contributed by atoms with E-state index in [-0.39, 0.29) is 25.0 Å². The van der Waals surface area contributed by atoms with E-state index < -0.39 is 6.04 Å². The normalized spacial score (nSPS) is 11.7. The number of carbonyl (C=O) groups excluding carboxylic acids is 2. The molecule has 2 aromatic rings. The van der Waals surface area contributed by atoms with E-state index in [9.17, 15) is 9.59 Å². The summed E-state index contributed by atoms with van der Waals surface area (Å²) in [5.74, 6) is -0.280. The second-order valence-corrected chi connectivity index (χ2v) is 8.11. The van der Waals surface area contributed by atoms with E-state index in [1.165, 1.54) is 11.0 Å². The van der Waals surface area contributed by atoms with Gasteiger partial charge in [0, 0.05) is 18.1 Å². The maximum absolute atomic E-state index is 13.1. The quantitative estimate of drug-likeness (QED) is 0.495. The monoisotopic (exact) mass is 490 g/mol. The van der Waals surface area contributed by atoms with Gasteiger partial charge >= 0.3 is 0 Å². The molecule has 0 fully saturated rings. The Morgan fingerprint density at radius 3 is 2.33 bits per heavy atom. The molecule has 0 heterocycles. The number of nitrogens with zero attached hydrogens (tertiary/aromatic N) is 1. The van der Waals surface area contributed by atoms with Gasteiger partial charge in [0.2, 0.25) is 5.91 Å². The van der Waals surface area contributed by atoms with Crippen LogP contribution < -0.4 is 10.1 Å². The Hall–Kier alpha value is -1.66. The molecule has 0 bridgehead atoms. The third-order valence-corrected chi connectivity index (χ3v) is 5.59. The van der Waals surface area contributed by atoms with Crippen LogP contribution in [0.3, 0.4) is 0 Å². The number of halogens is 4. The smallest absolute Gasteiger partial charge is 0.261 e. The minimum atomic E-state index is -0.670. The zero-order valence-electron chi connectivity index (χ0n) is 16.6. The van der Waals surface area contributed by atoms with Crippen LogP contribution in [0.25, 0.3) is 0 Å². The fraction of sp³-hybridized carbons (Fsp3) is 0.333. The molecular weight excluding hydrogens is 470 g/mol. The summed E-state index contributed by atoms with van der Waals surface area (Å²) in [6, 6.07) is 9.14. The van der Waals surface area contributed by atoms with Gasteiger partial charge in [-0.1, -0.05) is 59.4 Å². The first-order chi connectivity index (χ1) is 14.3. The summed E-state index contributed by atoms with van der Waals surface area (Å²) in [6.07, 6.45) is 0.431. The molecule has 0 aliphatic carbocycles. The minimum absolute atomic E-state index is 0.170. The molecule has 1 N–H and O–H groups in total. The first-order valence-electron chi connectivity index (χ1n) is 9.35. The Morgan fingerprint density at radius 1 is 1.00 bits per heavy atom. The van der Waals surface area contributed by atoms with Gasteiger partial charge < -0.3 is 15.0 Å². The molecule has 1 unspecified atom stereocenters. The van der Waals surface area contributed by atoms with Gasteiger partial charge in [-0.15, -0.1) is 0 Å². The molecule has 2 rings (SSSR count). The predicted molar refractivity (Wildman–Crippen MR) is 122 cm³/mol. The lowest BCUT2D eigenvalue weighted by Crippen LogP contribution is -2.50. The summed E-state index contributed by atoms with van der Waals surface area (Å²) in [4.78, 5) is 27.1. The lowest BCUT2D eigenvalue weighted by atomic mass is 10.1. The highest BCUT2D eigenvalue weighted by Crippen LogP contribution is 2.28. The van der Waals surface area contributed by atoms with Crippen LogP contribution in [0, 0.1) is 0 Å². The van der Waals surface area contributed by atoms with Crippen molar-refractivity contribution in [1.82, 2.24) is 10.2 Å². The predicted octanol–water partition coefficient (Wildman–Crippen LogP) is 5.62. The molecule has 9 heteroatoms. The van der Waals surface area contributed by atoms with Crippen molar-refractivity contribution in [3.63, 3.8) is 0 Å². The molecule has 5 nitrogen and oxygen atoms in total. The minimum Gasteiger partial charge on any atom is -0.482 e. The van der Waals surface area contributed by atoms with E-state index in [2.05, 4.69) is 5.32 Å². The Bertz CT molecular complexity index is 908. The van der Waals surface area contributed by atoms with Gasteiger partial charge in [0.05, 0.1) is 15.1 Å². The van der Waals surface area contributed by atoms with E-state index >= 15 is 0 Å².